The summed E-state index contributed by atoms with van der Waals surface area (Å²) in [6.45, 7) is 5.59. The number of hydrogen-bond donors (Lipinski definition) is 3. The van der Waals surface area contributed by atoms with Crippen LogP contribution >= 0.6 is 0 Å². The molecule has 1 saturated heterocycles. The quantitative estimate of drug-likeness (QED) is 0.279. The summed E-state index contributed by atoms with van der Waals surface area (Å²) in [6.07, 6.45) is 4.19. The summed E-state index contributed by atoms with van der Waals surface area (Å²) in [5.74, 6) is 4.16. The van der Waals surface area contributed by atoms with Crippen LogP contribution in [0.1, 0.15) is 45.2 Å². The van der Waals surface area contributed by atoms with E-state index in [4.69, 9.17) is 5.84 Å². The molecular formula is C26H33FN6O3. The van der Waals surface area contributed by atoms with Crippen molar-refractivity contribution in [3.05, 3.63) is 54.0 Å². The zero-order valence-corrected chi connectivity index (χ0v) is 20.8. The zero-order chi connectivity index (χ0) is 26.2. The number of carbonyl (C=O) groups excluding carboxylic acids is 2. The Kier molecular flexibility index (Phi) is 9.24. The van der Waals surface area contributed by atoms with E-state index in [0.29, 0.717) is 36.2 Å². The van der Waals surface area contributed by atoms with Gasteiger partial charge in [0.1, 0.15) is 23.6 Å². The molecule has 192 valence electrons. The van der Waals surface area contributed by atoms with Gasteiger partial charge in [-0.25, -0.2) is 4.39 Å². The van der Waals surface area contributed by atoms with E-state index in [1.165, 1.54) is 24.5 Å². The molecule has 1 aromatic heterocycles. The van der Waals surface area contributed by atoms with Crippen molar-refractivity contribution in [1.82, 2.24) is 15.2 Å². The highest BCUT2D eigenvalue weighted by molar-refractivity contribution is 6.29. The maximum absolute atomic E-state index is 14.0. The van der Waals surface area contributed by atoms with Crippen molar-refractivity contribution in [3.63, 3.8) is 0 Å². The Bertz CT molecular complexity index is 1120. The number of amides is 2. The molecule has 0 spiro atoms. The molecule has 3 rings (SSSR count). The number of carbonyl (C=O) groups is 2. The van der Waals surface area contributed by atoms with Crippen molar-refractivity contribution in [2.24, 2.45) is 21.9 Å². The first kappa shape index (κ1) is 26.9. The molecule has 0 bridgehead atoms. The molecule has 0 unspecified atom stereocenters. The average molecular weight is 497 g/mol. The van der Waals surface area contributed by atoms with Crippen LogP contribution in [0.15, 0.2) is 52.7 Å². The van der Waals surface area contributed by atoms with Crippen molar-refractivity contribution in [3.8, 4) is 11.3 Å². The molecule has 10 heteroatoms. The van der Waals surface area contributed by atoms with Crippen LogP contribution in [0.3, 0.4) is 0 Å². The van der Waals surface area contributed by atoms with E-state index in [-0.39, 0.29) is 30.0 Å². The molecular weight excluding hydrogens is 463 g/mol. The number of nitrogens with zero attached hydrogens (tertiary/aromatic N) is 4. The van der Waals surface area contributed by atoms with Crippen LogP contribution < -0.4 is 11.2 Å². The highest BCUT2D eigenvalue weighted by atomic mass is 19.1. The van der Waals surface area contributed by atoms with Gasteiger partial charge in [0.25, 0.3) is 0 Å². The molecule has 3 atom stereocenters. The van der Waals surface area contributed by atoms with Crippen LogP contribution in [-0.4, -0.2) is 64.0 Å². The van der Waals surface area contributed by atoms with Gasteiger partial charge in [-0.2, -0.15) is 5.10 Å². The smallest absolute Gasteiger partial charge is 0.248 e. The summed E-state index contributed by atoms with van der Waals surface area (Å²) in [5, 5.41) is 16.4. The van der Waals surface area contributed by atoms with Gasteiger partial charge in [-0.3, -0.25) is 19.6 Å². The number of aromatic nitrogens is 1. The lowest BCUT2D eigenvalue weighted by molar-refractivity contribution is -0.140. The zero-order valence-electron chi connectivity index (χ0n) is 20.8. The summed E-state index contributed by atoms with van der Waals surface area (Å²) >= 11 is 0. The maximum atomic E-state index is 14.0. The van der Waals surface area contributed by atoms with Crippen molar-refractivity contribution < 1.29 is 19.1 Å². The molecule has 1 aliphatic heterocycles. The summed E-state index contributed by atoms with van der Waals surface area (Å²) in [6, 6.07) is 7.67. The first-order chi connectivity index (χ1) is 17.3. The normalized spacial score (nSPS) is 18.0. The molecule has 4 N–H and O–H groups in total. The largest absolute Gasteiger partial charge is 0.394 e. The lowest BCUT2D eigenvalue weighted by Gasteiger charge is -2.29. The highest BCUT2D eigenvalue weighted by Gasteiger charge is 2.38. The van der Waals surface area contributed by atoms with E-state index >= 15 is 0 Å². The molecule has 2 aromatic rings. The number of nitrogens with two attached hydrogens (primary N) is 1. The average Bonchev–Trinajstić information content (AvgIpc) is 3.37. The molecule has 1 fully saturated rings. The molecule has 0 radical (unpaired) electrons. The number of hydrogen-bond acceptors (Lipinski definition) is 7. The van der Waals surface area contributed by atoms with Crippen molar-refractivity contribution in [2.45, 2.75) is 51.7 Å². The third-order valence-corrected chi connectivity index (χ3v) is 6.19. The first-order valence-corrected chi connectivity index (χ1v) is 12.0. The van der Waals surface area contributed by atoms with E-state index in [9.17, 15) is 19.1 Å². The van der Waals surface area contributed by atoms with Gasteiger partial charge >= 0.3 is 0 Å². The van der Waals surface area contributed by atoms with Gasteiger partial charge in [0.2, 0.25) is 11.8 Å². The minimum atomic E-state index is -0.681. The third-order valence-electron chi connectivity index (χ3n) is 6.19. The van der Waals surface area contributed by atoms with Crippen LogP contribution in [0.2, 0.25) is 0 Å². The lowest BCUT2D eigenvalue weighted by atomic mass is 10.0. The van der Waals surface area contributed by atoms with Crippen molar-refractivity contribution in [1.29, 1.82) is 0 Å². The second-order valence-corrected chi connectivity index (χ2v) is 9.13. The van der Waals surface area contributed by atoms with E-state index in [1.807, 2.05) is 13.8 Å². The number of benzene rings is 1. The molecule has 1 aliphatic rings. The molecule has 1 aromatic carbocycles. The number of hydrazone groups is 1. The Labute approximate surface area is 210 Å². The van der Waals surface area contributed by atoms with Crippen LogP contribution in [0.25, 0.3) is 11.3 Å². The van der Waals surface area contributed by atoms with Crippen LogP contribution in [0.5, 0.6) is 0 Å². The number of aliphatic hydroxyl groups is 1. The van der Waals surface area contributed by atoms with Crippen LogP contribution in [-0.2, 0) is 9.59 Å². The minimum Gasteiger partial charge on any atom is -0.394 e. The number of likely N-dealkylation sites (tertiary alicyclic amines) is 1. The summed E-state index contributed by atoms with van der Waals surface area (Å²) in [7, 11) is 0. The lowest BCUT2D eigenvalue weighted by Crippen LogP contribution is -2.50. The molecule has 2 amide bonds. The second-order valence-electron chi connectivity index (χ2n) is 9.13. The van der Waals surface area contributed by atoms with Gasteiger partial charge in [-0.1, -0.05) is 38.1 Å². The minimum absolute atomic E-state index is 0.0868. The van der Waals surface area contributed by atoms with E-state index in [0.717, 1.165) is 0 Å². The number of aliphatic imine (C=N–C) groups is 1. The van der Waals surface area contributed by atoms with Crippen LogP contribution in [0, 0.1) is 11.7 Å². The topological polar surface area (TPSA) is 133 Å². The van der Waals surface area contributed by atoms with Crippen LogP contribution in [0.4, 0.5) is 4.39 Å². The monoisotopic (exact) mass is 496 g/mol. The predicted molar refractivity (Wildman–Crippen MR) is 137 cm³/mol. The fraction of sp³-hybridized carbons (Fsp3) is 0.423. The molecule has 9 nitrogen and oxygen atoms in total. The third kappa shape index (κ3) is 6.31. The van der Waals surface area contributed by atoms with Gasteiger partial charge < -0.3 is 21.2 Å². The van der Waals surface area contributed by atoms with Gasteiger partial charge in [0.15, 0.2) is 0 Å². The Balaban J connectivity index is 1.72. The molecule has 36 heavy (non-hydrogen) atoms. The van der Waals surface area contributed by atoms with E-state index < -0.39 is 23.9 Å². The summed E-state index contributed by atoms with van der Waals surface area (Å²) in [5.41, 5.74) is 1.96. The Morgan fingerprint density at radius 2 is 2.03 bits per heavy atom. The summed E-state index contributed by atoms with van der Waals surface area (Å²) < 4.78 is 14.0. The number of pyridine rings is 1. The molecule has 0 aliphatic carbocycles. The number of halogens is 1. The Morgan fingerprint density at radius 1 is 1.31 bits per heavy atom. The molecule has 0 saturated carbocycles. The maximum Gasteiger partial charge on any atom is 0.248 e. The van der Waals surface area contributed by atoms with E-state index in [2.05, 4.69) is 20.4 Å². The second kappa shape index (κ2) is 12.3. The number of nitrogens with one attached hydrogen (secondary N) is 1. The Morgan fingerprint density at radius 3 is 2.64 bits per heavy atom. The highest BCUT2D eigenvalue weighted by Crippen LogP contribution is 2.25. The molecule has 2 heterocycles. The Hall–Kier alpha value is -3.66. The van der Waals surface area contributed by atoms with Gasteiger partial charge in [0.05, 0.1) is 18.4 Å². The van der Waals surface area contributed by atoms with Crippen molar-refractivity contribution >= 4 is 23.7 Å². The standard InChI is InChI=1S/C26H33FN6O3/c1-16(2)23(30-14-17(3)32-28)26(36)33-13-5-7-22(33)25(35)31-21(15-34)18-8-10-19(11-9-18)24-20(27)6-4-12-29-24/h4,6,8-12,14,16,21-23,34H,5,7,13,15,28H2,1-3H3,(H,31,35)/t21-,22-,23-/m0/s1. The van der Waals surface area contributed by atoms with E-state index in [1.54, 1.807) is 36.1 Å². The van der Waals surface area contributed by atoms with Crippen molar-refractivity contribution in [2.75, 3.05) is 13.2 Å². The fourth-order valence-corrected chi connectivity index (χ4v) is 4.19. The predicted octanol–water partition coefficient (Wildman–Crippen LogP) is 2.46. The van der Waals surface area contributed by atoms with Gasteiger partial charge in [-0.15, -0.1) is 0 Å². The van der Waals surface area contributed by atoms with Gasteiger partial charge in [-0.05, 0) is 43.4 Å². The first-order valence-electron chi connectivity index (χ1n) is 12.0. The van der Waals surface area contributed by atoms with Gasteiger partial charge in [0, 0.05) is 24.5 Å². The number of aliphatic hydroxyl groups excluding tert-OH is 1. The SMILES string of the molecule is CC(C=N[C@H](C(=O)N1CCC[C@H]1C(=O)N[C@@H](CO)c1ccc(-c2ncccc2F)cc1)C(C)C)=NN. The number of rotatable bonds is 9. The fourth-order valence-electron chi connectivity index (χ4n) is 4.19. The summed E-state index contributed by atoms with van der Waals surface area (Å²) in [4.78, 5) is 36.5.